The van der Waals surface area contributed by atoms with Gasteiger partial charge in [0.2, 0.25) is 0 Å². The van der Waals surface area contributed by atoms with Gasteiger partial charge in [0.1, 0.15) is 10.3 Å². The summed E-state index contributed by atoms with van der Waals surface area (Å²) in [6.07, 6.45) is 4.28. The number of carbonyl (C=O) groups excluding carboxylic acids is 1. The van der Waals surface area contributed by atoms with Crippen LogP contribution in [0.2, 0.25) is 0 Å². The Morgan fingerprint density at radius 1 is 1.28 bits per heavy atom. The quantitative estimate of drug-likeness (QED) is 0.881. The van der Waals surface area contributed by atoms with Crippen molar-refractivity contribution in [3.8, 4) is 0 Å². The minimum Gasteiger partial charge on any atom is -0.350 e. The van der Waals surface area contributed by atoms with Gasteiger partial charge >= 0.3 is 0 Å². The molecule has 0 radical (unpaired) electrons. The summed E-state index contributed by atoms with van der Waals surface area (Å²) in [4.78, 5) is 19.9. The first-order chi connectivity index (χ1) is 8.75. The molecule has 0 aliphatic heterocycles. The molecule has 0 aliphatic carbocycles. The minimum absolute atomic E-state index is 0.166. The predicted molar refractivity (Wildman–Crippen MR) is 72.2 cm³/mol. The van der Waals surface area contributed by atoms with E-state index in [1.807, 2.05) is 12.1 Å². The molecule has 0 atom stereocenters. The number of halogens is 1. The molecule has 1 N–H and O–H groups in total. The summed E-state index contributed by atoms with van der Waals surface area (Å²) in [7, 11) is 0. The van der Waals surface area contributed by atoms with Gasteiger partial charge in [-0.15, -0.1) is 0 Å². The second kappa shape index (κ2) is 6.26. The van der Waals surface area contributed by atoms with E-state index in [9.17, 15) is 4.79 Å². The van der Waals surface area contributed by atoms with E-state index < -0.39 is 0 Å². The van der Waals surface area contributed by atoms with E-state index >= 15 is 0 Å². The van der Waals surface area contributed by atoms with Crippen LogP contribution in [0, 0.1) is 0 Å². The van der Waals surface area contributed by atoms with Gasteiger partial charge in [-0.2, -0.15) is 0 Å². The molecule has 2 heterocycles. The van der Waals surface area contributed by atoms with Gasteiger partial charge in [-0.05, 0) is 46.1 Å². The SMILES string of the molecule is O=C(NCCc1cccnc1)c1cccc(Br)n1. The lowest BCUT2D eigenvalue weighted by Crippen LogP contribution is -2.26. The summed E-state index contributed by atoms with van der Waals surface area (Å²) in [5.41, 5.74) is 1.51. The molecule has 4 nitrogen and oxygen atoms in total. The van der Waals surface area contributed by atoms with Crippen LogP contribution in [0.4, 0.5) is 0 Å². The molecule has 0 aliphatic rings. The topological polar surface area (TPSA) is 54.9 Å². The van der Waals surface area contributed by atoms with Crippen molar-refractivity contribution in [1.82, 2.24) is 15.3 Å². The molecular formula is C13H12BrN3O. The third-order valence-corrected chi connectivity index (χ3v) is 2.81. The van der Waals surface area contributed by atoms with E-state index in [-0.39, 0.29) is 5.91 Å². The number of rotatable bonds is 4. The van der Waals surface area contributed by atoms with Crippen molar-refractivity contribution >= 4 is 21.8 Å². The third kappa shape index (κ3) is 3.63. The highest BCUT2D eigenvalue weighted by molar-refractivity contribution is 9.10. The summed E-state index contributed by atoms with van der Waals surface area (Å²) >= 11 is 3.24. The first-order valence-electron chi connectivity index (χ1n) is 5.55. The molecule has 2 aromatic heterocycles. The van der Waals surface area contributed by atoms with Crippen LogP contribution in [0.5, 0.6) is 0 Å². The van der Waals surface area contributed by atoms with E-state index in [4.69, 9.17) is 0 Å². The Kier molecular flexibility index (Phi) is 4.41. The molecule has 92 valence electrons. The highest BCUT2D eigenvalue weighted by atomic mass is 79.9. The van der Waals surface area contributed by atoms with Crippen LogP contribution in [-0.4, -0.2) is 22.4 Å². The van der Waals surface area contributed by atoms with Crippen molar-refractivity contribution in [2.24, 2.45) is 0 Å². The number of carbonyl (C=O) groups is 1. The number of hydrogen-bond acceptors (Lipinski definition) is 3. The molecule has 0 aromatic carbocycles. The average Bonchev–Trinajstić information content (AvgIpc) is 2.40. The zero-order valence-electron chi connectivity index (χ0n) is 9.64. The van der Waals surface area contributed by atoms with Crippen LogP contribution >= 0.6 is 15.9 Å². The fourth-order valence-corrected chi connectivity index (χ4v) is 1.84. The van der Waals surface area contributed by atoms with Crippen molar-refractivity contribution < 1.29 is 4.79 Å². The van der Waals surface area contributed by atoms with Crippen molar-refractivity contribution in [3.63, 3.8) is 0 Å². The summed E-state index contributed by atoms with van der Waals surface area (Å²) in [5, 5.41) is 2.82. The average molecular weight is 306 g/mol. The smallest absolute Gasteiger partial charge is 0.269 e. The first-order valence-corrected chi connectivity index (χ1v) is 6.34. The van der Waals surface area contributed by atoms with Crippen LogP contribution in [0.15, 0.2) is 47.3 Å². The molecule has 1 amide bonds. The normalized spacial score (nSPS) is 10.1. The molecule has 0 unspecified atom stereocenters. The van der Waals surface area contributed by atoms with E-state index in [0.29, 0.717) is 16.8 Å². The predicted octanol–water partition coefficient (Wildman–Crippen LogP) is 2.21. The monoisotopic (exact) mass is 305 g/mol. The number of nitrogens with one attached hydrogen (secondary N) is 1. The lowest BCUT2D eigenvalue weighted by atomic mass is 10.2. The van der Waals surface area contributed by atoms with Gasteiger partial charge in [0.25, 0.3) is 5.91 Å². The maximum atomic E-state index is 11.8. The molecule has 0 saturated heterocycles. The number of nitrogens with zero attached hydrogens (tertiary/aromatic N) is 2. The second-order valence-electron chi connectivity index (χ2n) is 3.71. The zero-order chi connectivity index (χ0) is 12.8. The largest absolute Gasteiger partial charge is 0.350 e. The van der Waals surface area contributed by atoms with Crippen molar-refractivity contribution in [2.75, 3.05) is 6.54 Å². The number of hydrogen-bond donors (Lipinski definition) is 1. The highest BCUT2D eigenvalue weighted by Gasteiger charge is 2.06. The van der Waals surface area contributed by atoms with Crippen LogP contribution in [0.25, 0.3) is 0 Å². The van der Waals surface area contributed by atoms with Crippen LogP contribution in [0.3, 0.4) is 0 Å². The lowest BCUT2D eigenvalue weighted by molar-refractivity contribution is 0.0949. The summed E-state index contributed by atoms with van der Waals surface area (Å²) in [5.74, 6) is -0.166. The third-order valence-electron chi connectivity index (χ3n) is 2.37. The zero-order valence-corrected chi connectivity index (χ0v) is 11.2. The molecule has 2 rings (SSSR count). The molecule has 5 heteroatoms. The molecular weight excluding hydrogens is 294 g/mol. The Balaban J connectivity index is 1.86. The number of pyridine rings is 2. The van der Waals surface area contributed by atoms with Crippen molar-refractivity contribution in [3.05, 3.63) is 58.6 Å². The fraction of sp³-hybridized carbons (Fsp3) is 0.154. The Morgan fingerprint density at radius 2 is 2.17 bits per heavy atom. The first kappa shape index (κ1) is 12.7. The van der Waals surface area contributed by atoms with Gasteiger partial charge in [0.15, 0.2) is 0 Å². The van der Waals surface area contributed by atoms with Gasteiger partial charge in [0, 0.05) is 18.9 Å². The van der Waals surface area contributed by atoms with Gasteiger partial charge < -0.3 is 5.32 Å². The van der Waals surface area contributed by atoms with E-state index in [0.717, 1.165) is 12.0 Å². The van der Waals surface area contributed by atoms with Crippen LogP contribution in [-0.2, 0) is 6.42 Å². The van der Waals surface area contributed by atoms with Crippen LogP contribution in [0.1, 0.15) is 16.1 Å². The summed E-state index contributed by atoms with van der Waals surface area (Å²) in [6, 6.07) is 9.12. The summed E-state index contributed by atoms with van der Waals surface area (Å²) in [6.45, 7) is 0.568. The number of aromatic nitrogens is 2. The summed E-state index contributed by atoms with van der Waals surface area (Å²) < 4.78 is 0.655. The van der Waals surface area contributed by atoms with E-state index in [2.05, 4.69) is 31.2 Å². The Hall–Kier alpha value is -1.75. The second-order valence-corrected chi connectivity index (χ2v) is 4.53. The Morgan fingerprint density at radius 3 is 2.89 bits per heavy atom. The van der Waals surface area contributed by atoms with Gasteiger partial charge in [-0.3, -0.25) is 9.78 Å². The maximum absolute atomic E-state index is 11.8. The van der Waals surface area contributed by atoms with Gasteiger partial charge in [-0.1, -0.05) is 12.1 Å². The van der Waals surface area contributed by atoms with Gasteiger partial charge in [0.05, 0.1) is 0 Å². The van der Waals surface area contributed by atoms with E-state index in [1.165, 1.54) is 0 Å². The van der Waals surface area contributed by atoms with Crippen molar-refractivity contribution in [2.45, 2.75) is 6.42 Å². The molecule has 0 fully saturated rings. The fourth-order valence-electron chi connectivity index (χ4n) is 1.49. The lowest BCUT2D eigenvalue weighted by Gasteiger charge is -2.04. The number of amides is 1. The molecule has 0 saturated carbocycles. The Labute approximate surface area is 114 Å². The molecule has 2 aromatic rings. The Bertz CT molecular complexity index is 531. The minimum atomic E-state index is -0.166. The molecule has 18 heavy (non-hydrogen) atoms. The molecule has 0 bridgehead atoms. The van der Waals surface area contributed by atoms with Crippen LogP contribution < -0.4 is 5.32 Å². The standard InChI is InChI=1S/C13H12BrN3O/c14-12-5-1-4-11(17-12)13(18)16-8-6-10-3-2-7-15-9-10/h1-5,7,9H,6,8H2,(H,16,18). The van der Waals surface area contributed by atoms with Crippen molar-refractivity contribution in [1.29, 1.82) is 0 Å². The van der Waals surface area contributed by atoms with E-state index in [1.54, 1.807) is 30.6 Å². The maximum Gasteiger partial charge on any atom is 0.269 e. The highest BCUT2D eigenvalue weighted by Crippen LogP contribution is 2.06. The van der Waals surface area contributed by atoms with Gasteiger partial charge in [-0.25, -0.2) is 4.98 Å². The molecule has 0 spiro atoms.